The summed E-state index contributed by atoms with van der Waals surface area (Å²) in [7, 11) is 0. The van der Waals surface area contributed by atoms with Crippen LogP contribution in [-0.2, 0) is 9.53 Å². The van der Waals surface area contributed by atoms with Crippen LogP contribution in [0.4, 0.5) is 0 Å². The fraction of sp³-hybridized carbons (Fsp3) is 0.786. The number of carbonyl (C=O) groups is 1. The molecule has 1 aliphatic heterocycles. The second-order valence-corrected chi connectivity index (χ2v) is 6.16. The Hall–Kier alpha value is -0.830. The Labute approximate surface area is 102 Å². The molecule has 2 aliphatic carbocycles. The molecule has 0 aromatic carbocycles. The highest BCUT2D eigenvalue weighted by molar-refractivity contribution is 5.80. The molecule has 0 aromatic rings. The molecule has 0 spiro atoms. The monoisotopic (exact) mass is 236 g/mol. The average Bonchev–Trinajstić information content (AvgIpc) is 2.59. The van der Waals surface area contributed by atoms with Crippen molar-refractivity contribution in [2.24, 2.45) is 29.1 Å². The summed E-state index contributed by atoms with van der Waals surface area (Å²) in [4.78, 5) is 12.0. The molecule has 2 fully saturated rings. The van der Waals surface area contributed by atoms with Gasteiger partial charge in [-0.3, -0.25) is 4.79 Å². The van der Waals surface area contributed by atoms with Crippen LogP contribution in [0.5, 0.6) is 0 Å². The van der Waals surface area contributed by atoms with Gasteiger partial charge in [0.2, 0.25) is 0 Å². The lowest BCUT2D eigenvalue weighted by Gasteiger charge is -2.47. The number of allylic oxidation sites excluding steroid dienone is 1. The van der Waals surface area contributed by atoms with Gasteiger partial charge in [0.1, 0.15) is 0 Å². The quantitative estimate of drug-likeness (QED) is 0.515. The summed E-state index contributed by atoms with van der Waals surface area (Å²) < 4.78 is 5.24. The third-order valence-corrected chi connectivity index (χ3v) is 5.28. The predicted octanol–water partition coefficient (Wildman–Crippen LogP) is 1.76. The molecule has 0 unspecified atom stereocenters. The summed E-state index contributed by atoms with van der Waals surface area (Å²) in [5.41, 5.74) is -0.402. The second-order valence-electron chi connectivity index (χ2n) is 6.16. The van der Waals surface area contributed by atoms with E-state index in [2.05, 4.69) is 19.1 Å². The van der Waals surface area contributed by atoms with Crippen LogP contribution in [0.2, 0.25) is 0 Å². The first-order valence-corrected chi connectivity index (χ1v) is 6.57. The molecule has 0 bridgehead atoms. The molecule has 0 amide bonds. The first-order valence-electron chi connectivity index (χ1n) is 6.57. The maximum absolute atomic E-state index is 12.0. The molecule has 17 heavy (non-hydrogen) atoms. The summed E-state index contributed by atoms with van der Waals surface area (Å²) in [6, 6.07) is 0. The predicted molar refractivity (Wildman–Crippen MR) is 63.1 cm³/mol. The molecule has 94 valence electrons. The highest BCUT2D eigenvalue weighted by atomic mass is 16.5. The molecule has 3 rings (SSSR count). The number of aliphatic hydroxyl groups excluding tert-OH is 1. The van der Waals surface area contributed by atoms with E-state index in [1.54, 1.807) is 0 Å². The van der Waals surface area contributed by atoms with E-state index in [-0.39, 0.29) is 23.9 Å². The minimum Gasteiger partial charge on any atom is -0.465 e. The van der Waals surface area contributed by atoms with Gasteiger partial charge >= 0.3 is 5.97 Å². The van der Waals surface area contributed by atoms with E-state index in [0.29, 0.717) is 18.4 Å². The highest BCUT2D eigenvalue weighted by Gasteiger charge is 2.57. The molecule has 3 aliphatic rings. The standard InChI is InChI=1S/C14H20O3/c1-8-5-9-3-4-10-7-17-13(16)14(10,2)11(9)6-12(8)15/h3-4,8-12,15H,5-7H2,1-2H3/t8-,9+,10-,11+,12-,14+/m1/s1. The second kappa shape index (κ2) is 3.58. The molecule has 0 radical (unpaired) electrons. The van der Waals surface area contributed by atoms with Crippen LogP contribution in [0.15, 0.2) is 12.2 Å². The Morgan fingerprint density at radius 1 is 1.41 bits per heavy atom. The molecule has 1 N–H and O–H groups in total. The minimum absolute atomic E-state index is 0.0661. The van der Waals surface area contributed by atoms with Crippen molar-refractivity contribution in [3.8, 4) is 0 Å². The van der Waals surface area contributed by atoms with Crippen molar-refractivity contribution in [2.75, 3.05) is 6.61 Å². The van der Waals surface area contributed by atoms with Gasteiger partial charge in [-0.2, -0.15) is 0 Å². The van der Waals surface area contributed by atoms with Gasteiger partial charge in [0.05, 0.1) is 18.1 Å². The van der Waals surface area contributed by atoms with Gasteiger partial charge < -0.3 is 9.84 Å². The zero-order valence-electron chi connectivity index (χ0n) is 10.4. The Kier molecular flexibility index (Phi) is 2.37. The number of esters is 1. The van der Waals surface area contributed by atoms with Crippen molar-refractivity contribution < 1.29 is 14.6 Å². The third kappa shape index (κ3) is 1.41. The summed E-state index contributed by atoms with van der Waals surface area (Å²) in [5.74, 6) is 1.15. The van der Waals surface area contributed by atoms with Crippen LogP contribution in [0.1, 0.15) is 26.7 Å². The Morgan fingerprint density at radius 2 is 2.18 bits per heavy atom. The van der Waals surface area contributed by atoms with Crippen molar-refractivity contribution >= 4 is 5.97 Å². The zero-order chi connectivity index (χ0) is 12.2. The lowest BCUT2D eigenvalue weighted by Crippen LogP contribution is -2.48. The normalized spacial score (nSPS) is 52.9. The van der Waals surface area contributed by atoms with Gasteiger partial charge in [-0.05, 0) is 37.5 Å². The topological polar surface area (TPSA) is 46.5 Å². The van der Waals surface area contributed by atoms with Crippen LogP contribution in [0.25, 0.3) is 0 Å². The van der Waals surface area contributed by atoms with Crippen molar-refractivity contribution in [3.05, 3.63) is 12.2 Å². The van der Waals surface area contributed by atoms with E-state index in [0.717, 1.165) is 12.8 Å². The number of rotatable bonds is 0. The smallest absolute Gasteiger partial charge is 0.312 e. The number of fused-ring (bicyclic) bond motifs is 3. The van der Waals surface area contributed by atoms with Gasteiger partial charge in [0.25, 0.3) is 0 Å². The zero-order valence-corrected chi connectivity index (χ0v) is 10.4. The first kappa shape index (κ1) is 11.3. The molecule has 6 atom stereocenters. The summed E-state index contributed by atoms with van der Waals surface area (Å²) in [6.07, 6.45) is 5.86. The fourth-order valence-corrected chi connectivity index (χ4v) is 3.92. The van der Waals surface area contributed by atoms with Crippen LogP contribution in [0.3, 0.4) is 0 Å². The fourth-order valence-electron chi connectivity index (χ4n) is 3.92. The minimum atomic E-state index is -0.402. The van der Waals surface area contributed by atoms with Crippen molar-refractivity contribution in [3.63, 3.8) is 0 Å². The number of ether oxygens (including phenoxy) is 1. The average molecular weight is 236 g/mol. The molecular formula is C14H20O3. The molecule has 3 nitrogen and oxygen atoms in total. The van der Waals surface area contributed by atoms with Crippen LogP contribution >= 0.6 is 0 Å². The van der Waals surface area contributed by atoms with E-state index in [9.17, 15) is 9.90 Å². The molecular weight excluding hydrogens is 216 g/mol. The van der Waals surface area contributed by atoms with E-state index < -0.39 is 5.41 Å². The lowest BCUT2D eigenvalue weighted by molar-refractivity contribution is -0.151. The van der Waals surface area contributed by atoms with Gasteiger partial charge in [0, 0.05) is 5.92 Å². The summed E-state index contributed by atoms with van der Waals surface area (Å²) in [5, 5.41) is 10.1. The number of hydrogen-bond acceptors (Lipinski definition) is 3. The van der Waals surface area contributed by atoms with Crippen LogP contribution < -0.4 is 0 Å². The highest BCUT2D eigenvalue weighted by Crippen LogP contribution is 2.54. The van der Waals surface area contributed by atoms with Crippen molar-refractivity contribution in [2.45, 2.75) is 32.8 Å². The van der Waals surface area contributed by atoms with Crippen LogP contribution in [-0.4, -0.2) is 23.8 Å². The van der Waals surface area contributed by atoms with Crippen LogP contribution in [0, 0.1) is 29.1 Å². The summed E-state index contributed by atoms with van der Waals surface area (Å²) >= 11 is 0. The number of aliphatic hydroxyl groups is 1. The summed E-state index contributed by atoms with van der Waals surface area (Å²) in [6.45, 7) is 4.63. The van der Waals surface area contributed by atoms with Gasteiger partial charge in [-0.15, -0.1) is 0 Å². The van der Waals surface area contributed by atoms with E-state index in [1.807, 2.05) is 6.92 Å². The van der Waals surface area contributed by atoms with Gasteiger partial charge in [0.15, 0.2) is 0 Å². The molecule has 0 aromatic heterocycles. The van der Waals surface area contributed by atoms with Gasteiger partial charge in [-0.1, -0.05) is 19.1 Å². The van der Waals surface area contributed by atoms with E-state index >= 15 is 0 Å². The molecule has 1 saturated carbocycles. The lowest BCUT2D eigenvalue weighted by atomic mass is 9.55. The third-order valence-electron chi connectivity index (χ3n) is 5.28. The Morgan fingerprint density at radius 3 is 2.94 bits per heavy atom. The van der Waals surface area contributed by atoms with Crippen molar-refractivity contribution in [1.82, 2.24) is 0 Å². The maximum Gasteiger partial charge on any atom is 0.312 e. The number of cyclic esters (lactones) is 1. The number of carbonyl (C=O) groups excluding carboxylic acids is 1. The maximum atomic E-state index is 12.0. The Bertz CT molecular complexity index is 376. The number of hydrogen-bond donors (Lipinski definition) is 1. The van der Waals surface area contributed by atoms with Gasteiger partial charge in [-0.25, -0.2) is 0 Å². The largest absolute Gasteiger partial charge is 0.465 e. The van der Waals surface area contributed by atoms with E-state index in [1.165, 1.54) is 0 Å². The SMILES string of the molecule is C[C@@H]1C[C@@H]2C=C[C@@H]3COC(=O)[C@]3(C)[C@H]2C[C@H]1O. The molecule has 1 saturated heterocycles. The first-order chi connectivity index (χ1) is 8.03. The molecule has 1 heterocycles. The molecule has 3 heteroatoms. The Balaban J connectivity index is 1.97. The van der Waals surface area contributed by atoms with Crippen molar-refractivity contribution in [1.29, 1.82) is 0 Å². The van der Waals surface area contributed by atoms with E-state index in [4.69, 9.17) is 4.74 Å².